The molecule has 1 aromatic carbocycles. The first kappa shape index (κ1) is 27.1. The molecule has 0 aromatic heterocycles. The van der Waals surface area contributed by atoms with Crippen molar-refractivity contribution in [3.63, 3.8) is 0 Å². The fraction of sp³-hybridized carbons (Fsp3) is 0.706. The molecular weight excluding hydrogens is 484 g/mol. The molecule has 5 heteroatoms. The van der Waals surface area contributed by atoms with Crippen LogP contribution < -0.4 is 5.32 Å². The van der Waals surface area contributed by atoms with Gasteiger partial charge in [0.15, 0.2) is 0 Å². The van der Waals surface area contributed by atoms with Gasteiger partial charge in [0.2, 0.25) is 0 Å². The van der Waals surface area contributed by atoms with Crippen molar-refractivity contribution in [3.8, 4) is 0 Å². The van der Waals surface area contributed by atoms with Crippen molar-refractivity contribution in [3.05, 3.63) is 47.5 Å². The number of rotatable bonds is 2. The summed E-state index contributed by atoms with van der Waals surface area (Å²) in [5.41, 5.74) is 3.10. The van der Waals surface area contributed by atoms with Gasteiger partial charge in [0.1, 0.15) is 6.23 Å². The highest BCUT2D eigenvalue weighted by molar-refractivity contribution is 6.01. The Morgan fingerprint density at radius 1 is 1.00 bits per heavy atom. The zero-order valence-electron chi connectivity index (χ0n) is 24.7. The number of amides is 3. The van der Waals surface area contributed by atoms with E-state index in [2.05, 4.69) is 70.3 Å². The molecule has 4 fully saturated rings. The van der Waals surface area contributed by atoms with Crippen molar-refractivity contribution >= 4 is 11.9 Å². The second kappa shape index (κ2) is 9.75. The molecule has 3 amide bonds. The number of imide groups is 1. The Hall–Kier alpha value is -2.14. The number of carbonyl (C=O) groups excluding carboxylic acids is 2. The van der Waals surface area contributed by atoms with E-state index in [0.717, 1.165) is 31.6 Å². The number of ether oxygens (including phenoxy) is 1. The normalized spacial score (nSPS) is 40.0. The molecule has 0 spiro atoms. The van der Waals surface area contributed by atoms with Crippen LogP contribution in [0, 0.1) is 28.6 Å². The van der Waals surface area contributed by atoms with Gasteiger partial charge in [-0.3, -0.25) is 9.69 Å². The SMILES string of the molecule is CC(C)(C)c1ccc(C2CCOC(NC(=O)N3C(=O)C=C[C@]4(C)[C@H]5CC[C@]6(C)CCC[C@H]6[C@@H]5CC[C@@H]34)C2)cc1. The van der Waals surface area contributed by atoms with Gasteiger partial charge in [-0.2, -0.15) is 0 Å². The van der Waals surface area contributed by atoms with Crippen LogP contribution in [0.3, 0.4) is 0 Å². The molecule has 39 heavy (non-hydrogen) atoms. The molecule has 2 unspecified atom stereocenters. The smallest absolute Gasteiger partial charge is 0.326 e. The Kier molecular flexibility index (Phi) is 6.76. The van der Waals surface area contributed by atoms with Crippen LogP contribution in [0.25, 0.3) is 0 Å². The van der Waals surface area contributed by atoms with Crippen molar-refractivity contribution < 1.29 is 14.3 Å². The number of fused-ring (bicyclic) bond motifs is 5. The summed E-state index contributed by atoms with van der Waals surface area (Å²) >= 11 is 0. The predicted molar refractivity (Wildman–Crippen MR) is 154 cm³/mol. The first-order valence-corrected chi connectivity index (χ1v) is 15.5. The van der Waals surface area contributed by atoms with Crippen molar-refractivity contribution in [1.29, 1.82) is 0 Å². The number of nitrogens with zero attached hydrogens (tertiary/aromatic N) is 1. The molecule has 0 radical (unpaired) electrons. The molecular formula is C34H48N2O3. The summed E-state index contributed by atoms with van der Waals surface area (Å²) in [5.74, 6) is 2.20. The standard InChI is InChI=1S/C34H48N2O3/c1-32(2,3)24-10-8-22(9-11-24)23-16-20-39-29(21-23)35-31(38)36-28-13-12-25-26-7-6-17-33(26,4)18-14-27(25)34(28,5)19-15-30(36)37/h8-11,15,19,23,25-29H,6-7,12-14,16-18,20-21H2,1-5H3,(H,35,38)/t23?,25-,26-,27-,28+,29?,33-,34+/m0/s1. The predicted octanol–water partition coefficient (Wildman–Crippen LogP) is 7.31. The van der Waals surface area contributed by atoms with Crippen molar-refractivity contribution in [2.75, 3.05) is 6.61 Å². The van der Waals surface area contributed by atoms with Gasteiger partial charge in [0.05, 0.1) is 6.04 Å². The van der Waals surface area contributed by atoms with E-state index in [9.17, 15) is 9.59 Å². The lowest BCUT2D eigenvalue weighted by Gasteiger charge is -2.59. The van der Waals surface area contributed by atoms with Gasteiger partial charge in [-0.05, 0) is 97.0 Å². The van der Waals surface area contributed by atoms with E-state index in [-0.39, 0.29) is 35.0 Å². The highest BCUT2D eigenvalue weighted by Crippen LogP contribution is 2.64. The topological polar surface area (TPSA) is 58.6 Å². The minimum absolute atomic E-state index is 0.0775. The van der Waals surface area contributed by atoms with E-state index in [0.29, 0.717) is 29.8 Å². The number of hydrogen-bond acceptors (Lipinski definition) is 3. The van der Waals surface area contributed by atoms with E-state index >= 15 is 0 Å². The van der Waals surface area contributed by atoms with E-state index in [4.69, 9.17) is 4.74 Å². The van der Waals surface area contributed by atoms with Crippen LogP contribution in [0.2, 0.25) is 0 Å². The van der Waals surface area contributed by atoms with Gasteiger partial charge in [0, 0.05) is 18.1 Å². The second-order valence-corrected chi connectivity index (χ2v) is 14.9. The molecule has 1 saturated heterocycles. The highest BCUT2D eigenvalue weighted by atomic mass is 16.5. The zero-order valence-corrected chi connectivity index (χ0v) is 24.7. The van der Waals surface area contributed by atoms with Crippen molar-refractivity contribution in [2.24, 2.45) is 28.6 Å². The molecule has 212 valence electrons. The molecule has 1 aromatic rings. The Labute approximate surface area is 235 Å². The fourth-order valence-corrected chi connectivity index (χ4v) is 9.39. The Balaban J connectivity index is 1.15. The monoisotopic (exact) mass is 532 g/mol. The lowest BCUT2D eigenvalue weighted by Crippen LogP contribution is -2.63. The average molecular weight is 533 g/mol. The number of carbonyl (C=O) groups is 2. The Morgan fingerprint density at radius 3 is 2.51 bits per heavy atom. The van der Waals surface area contributed by atoms with Gasteiger partial charge in [-0.25, -0.2) is 4.79 Å². The largest absolute Gasteiger partial charge is 0.358 e. The van der Waals surface area contributed by atoms with Gasteiger partial charge in [-0.15, -0.1) is 0 Å². The van der Waals surface area contributed by atoms with Gasteiger partial charge < -0.3 is 10.1 Å². The minimum Gasteiger partial charge on any atom is -0.358 e. The zero-order chi connectivity index (χ0) is 27.6. The third kappa shape index (κ3) is 4.67. The molecule has 3 saturated carbocycles. The quantitative estimate of drug-likeness (QED) is 0.434. The maximum absolute atomic E-state index is 13.7. The molecule has 0 bridgehead atoms. The number of nitrogens with one attached hydrogen (secondary N) is 1. The summed E-state index contributed by atoms with van der Waals surface area (Å²) in [6, 6.07) is 8.57. The van der Waals surface area contributed by atoms with Crippen LogP contribution in [-0.2, 0) is 14.9 Å². The Morgan fingerprint density at radius 2 is 1.77 bits per heavy atom. The van der Waals surface area contributed by atoms with Crippen LogP contribution >= 0.6 is 0 Å². The van der Waals surface area contributed by atoms with Crippen LogP contribution in [0.5, 0.6) is 0 Å². The summed E-state index contributed by atoms with van der Waals surface area (Å²) < 4.78 is 6.02. The van der Waals surface area contributed by atoms with Crippen LogP contribution in [0.1, 0.15) is 109 Å². The summed E-state index contributed by atoms with van der Waals surface area (Å²) in [5, 5.41) is 3.13. The van der Waals surface area contributed by atoms with E-state index in [1.165, 1.54) is 43.2 Å². The van der Waals surface area contributed by atoms with Crippen LogP contribution in [-0.4, -0.2) is 35.7 Å². The van der Waals surface area contributed by atoms with E-state index in [1.54, 1.807) is 11.0 Å². The molecule has 2 heterocycles. The third-order valence-corrected chi connectivity index (χ3v) is 11.7. The maximum atomic E-state index is 13.7. The summed E-state index contributed by atoms with van der Waals surface area (Å²) in [4.78, 5) is 28.5. The number of hydrogen-bond donors (Lipinski definition) is 1. The maximum Gasteiger partial charge on any atom is 0.326 e. The molecule has 8 atom stereocenters. The molecule has 5 aliphatic rings. The average Bonchev–Trinajstić information content (AvgIpc) is 3.30. The fourth-order valence-electron chi connectivity index (χ4n) is 9.39. The van der Waals surface area contributed by atoms with Gasteiger partial charge in [0.25, 0.3) is 5.91 Å². The minimum atomic E-state index is -0.381. The van der Waals surface area contributed by atoms with Gasteiger partial charge >= 0.3 is 6.03 Å². The molecule has 2 aliphatic heterocycles. The molecule has 3 aliphatic carbocycles. The van der Waals surface area contributed by atoms with E-state index < -0.39 is 0 Å². The highest BCUT2D eigenvalue weighted by Gasteiger charge is 2.59. The summed E-state index contributed by atoms with van der Waals surface area (Å²) in [6.07, 6.45) is 13.7. The van der Waals surface area contributed by atoms with Crippen LogP contribution in [0.4, 0.5) is 4.79 Å². The first-order valence-electron chi connectivity index (χ1n) is 15.5. The van der Waals surface area contributed by atoms with Crippen LogP contribution in [0.15, 0.2) is 36.4 Å². The molecule has 5 nitrogen and oxygen atoms in total. The second-order valence-electron chi connectivity index (χ2n) is 14.9. The molecule has 1 N–H and O–H groups in total. The van der Waals surface area contributed by atoms with E-state index in [1.807, 2.05) is 0 Å². The van der Waals surface area contributed by atoms with Gasteiger partial charge in [-0.1, -0.05) is 71.4 Å². The molecule has 6 rings (SSSR count). The lowest BCUT2D eigenvalue weighted by molar-refractivity contribution is -0.135. The number of urea groups is 1. The Bertz CT molecular complexity index is 1140. The van der Waals surface area contributed by atoms with Crippen molar-refractivity contribution in [2.45, 2.75) is 116 Å². The number of benzene rings is 1. The lowest BCUT2D eigenvalue weighted by atomic mass is 9.48. The third-order valence-electron chi connectivity index (χ3n) is 11.7. The van der Waals surface area contributed by atoms with Crippen molar-refractivity contribution in [1.82, 2.24) is 10.2 Å². The summed E-state index contributed by atoms with van der Waals surface area (Å²) in [7, 11) is 0. The summed E-state index contributed by atoms with van der Waals surface area (Å²) in [6.45, 7) is 12.1. The first-order chi connectivity index (χ1) is 18.5.